The predicted octanol–water partition coefficient (Wildman–Crippen LogP) is 1.29. The first-order valence-corrected chi connectivity index (χ1v) is 7.99. The standard InChI is InChI=1S/C13H19N5O2S/c1-13(2,3)18-9-11(16-17-18)8-15-10-4-6-12(7-5-10)21(14,19)20/h4-7,9,15H,8H2,1-3H3,(H2,14,19,20). The summed E-state index contributed by atoms with van der Waals surface area (Å²) in [5.74, 6) is 0. The van der Waals surface area contributed by atoms with Gasteiger partial charge >= 0.3 is 0 Å². The molecule has 0 saturated carbocycles. The van der Waals surface area contributed by atoms with E-state index in [-0.39, 0.29) is 10.4 Å². The fourth-order valence-electron chi connectivity index (χ4n) is 1.66. The predicted molar refractivity (Wildman–Crippen MR) is 80.2 cm³/mol. The summed E-state index contributed by atoms with van der Waals surface area (Å²) >= 11 is 0. The highest BCUT2D eigenvalue weighted by atomic mass is 32.2. The summed E-state index contributed by atoms with van der Waals surface area (Å²) in [5, 5.41) is 16.4. The highest BCUT2D eigenvalue weighted by molar-refractivity contribution is 7.89. The molecule has 0 spiro atoms. The molecule has 1 aromatic heterocycles. The molecular formula is C13H19N5O2S. The van der Waals surface area contributed by atoms with E-state index in [4.69, 9.17) is 5.14 Å². The van der Waals surface area contributed by atoms with Gasteiger partial charge in [-0.3, -0.25) is 0 Å². The van der Waals surface area contributed by atoms with Crippen LogP contribution in [-0.4, -0.2) is 23.4 Å². The van der Waals surface area contributed by atoms with Crippen molar-refractivity contribution >= 4 is 15.7 Å². The summed E-state index contributed by atoms with van der Waals surface area (Å²) in [6.07, 6.45) is 1.88. The normalized spacial score (nSPS) is 12.4. The number of primary sulfonamides is 1. The molecule has 7 nitrogen and oxygen atoms in total. The van der Waals surface area contributed by atoms with Crippen molar-refractivity contribution in [3.05, 3.63) is 36.2 Å². The molecule has 0 aliphatic carbocycles. The highest BCUT2D eigenvalue weighted by Crippen LogP contribution is 2.15. The Morgan fingerprint density at radius 3 is 2.33 bits per heavy atom. The van der Waals surface area contributed by atoms with E-state index in [9.17, 15) is 8.42 Å². The molecule has 0 saturated heterocycles. The molecule has 0 aliphatic rings. The number of sulfonamides is 1. The average molecular weight is 309 g/mol. The third-order valence-electron chi connectivity index (χ3n) is 2.88. The highest BCUT2D eigenvalue weighted by Gasteiger charge is 2.14. The Bertz CT molecular complexity index is 714. The number of hydrogen-bond donors (Lipinski definition) is 2. The van der Waals surface area contributed by atoms with Gasteiger partial charge in [0.15, 0.2) is 0 Å². The summed E-state index contributed by atoms with van der Waals surface area (Å²) in [5.41, 5.74) is 1.48. The quantitative estimate of drug-likeness (QED) is 0.886. The molecule has 114 valence electrons. The molecule has 0 unspecified atom stereocenters. The van der Waals surface area contributed by atoms with Crippen molar-refractivity contribution in [3.8, 4) is 0 Å². The molecule has 0 atom stereocenters. The van der Waals surface area contributed by atoms with Gasteiger partial charge in [0.05, 0.1) is 23.2 Å². The molecule has 0 radical (unpaired) electrons. The molecule has 21 heavy (non-hydrogen) atoms. The van der Waals surface area contributed by atoms with Crippen LogP contribution in [0.5, 0.6) is 0 Å². The Balaban J connectivity index is 2.02. The fourth-order valence-corrected chi connectivity index (χ4v) is 2.18. The third-order valence-corrected chi connectivity index (χ3v) is 3.81. The van der Waals surface area contributed by atoms with E-state index in [0.29, 0.717) is 6.54 Å². The van der Waals surface area contributed by atoms with Crippen LogP contribution in [0.1, 0.15) is 26.5 Å². The Hall–Kier alpha value is -1.93. The van der Waals surface area contributed by atoms with Gasteiger partial charge in [-0.15, -0.1) is 5.10 Å². The molecule has 0 bridgehead atoms. The van der Waals surface area contributed by atoms with Crippen LogP contribution in [0, 0.1) is 0 Å². The van der Waals surface area contributed by atoms with Crippen molar-refractivity contribution in [2.75, 3.05) is 5.32 Å². The maximum Gasteiger partial charge on any atom is 0.238 e. The van der Waals surface area contributed by atoms with Gasteiger partial charge in [0, 0.05) is 5.69 Å². The van der Waals surface area contributed by atoms with Crippen molar-refractivity contribution in [1.29, 1.82) is 0 Å². The first-order chi connectivity index (χ1) is 9.66. The second-order valence-electron chi connectivity index (χ2n) is 5.75. The lowest BCUT2D eigenvalue weighted by Crippen LogP contribution is -2.22. The average Bonchev–Trinajstić information content (AvgIpc) is 2.84. The summed E-state index contributed by atoms with van der Waals surface area (Å²) in [6.45, 7) is 6.64. The third kappa shape index (κ3) is 4.02. The largest absolute Gasteiger partial charge is 0.379 e. The summed E-state index contributed by atoms with van der Waals surface area (Å²) in [6, 6.07) is 6.25. The fraction of sp³-hybridized carbons (Fsp3) is 0.385. The van der Waals surface area contributed by atoms with E-state index in [2.05, 4.69) is 15.6 Å². The SMILES string of the molecule is CC(C)(C)n1cc(CNc2ccc(S(N)(=O)=O)cc2)nn1. The van der Waals surface area contributed by atoms with E-state index in [1.54, 1.807) is 16.8 Å². The zero-order chi connectivity index (χ0) is 15.7. The Morgan fingerprint density at radius 1 is 1.24 bits per heavy atom. The van der Waals surface area contributed by atoms with Gasteiger partial charge in [0.2, 0.25) is 10.0 Å². The van der Waals surface area contributed by atoms with Gasteiger partial charge in [0.1, 0.15) is 5.69 Å². The first kappa shape index (κ1) is 15.5. The van der Waals surface area contributed by atoms with Crippen molar-refractivity contribution in [1.82, 2.24) is 15.0 Å². The molecule has 2 rings (SSSR count). The van der Waals surface area contributed by atoms with Crippen LogP contribution >= 0.6 is 0 Å². The lowest BCUT2D eigenvalue weighted by atomic mass is 10.1. The molecule has 0 amide bonds. The second kappa shape index (κ2) is 5.45. The first-order valence-electron chi connectivity index (χ1n) is 6.45. The minimum atomic E-state index is -3.65. The van der Waals surface area contributed by atoms with Crippen LogP contribution in [0.15, 0.2) is 35.4 Å². The smallest absolute Gasteiger partial charge is 0.238 e. The Kier molecular flexibility index (Phi) is 4.02. The van der Waals surface area contributed by atoms with E-state index < -0.39 is 10.0 Å². The van der Waals surface area contributed by atoms with E-state index in [1.807, 2.05) is 27.0 Å². The van der Waals surface area contributed by atoms with Crippen molar-refractivity contribution < 1.29 is 8.42 Å². The molecule has 1 heterocycles. The van der Waals surface area contributed by atoms with Gasteiger partial charge in [-0.2, -0.15) is 0 Å². The van der Waals surface area contributed by atoms with Crippen LogP contribution < -0.4 is 10.5 Å². The van der Waals surface area contributed by atoms with E-state index in [0.717, 1.165) is 11.4 Å². The van der Waals surface area contributed by atoms with E-state index >= 15 is 0 Å². The minimum absolute atomic E-state index is 0.0896. The maximum atomic E-state index is 11.2. The number of nitrogens with zero attached hydrogens (tertiary/aromatic N) is 3. The van der Waals surface area contributed by atoms with Gasteiger partial charge < -0.3 is 5.32 Å². The Labute approximate surface area is 124 Å². The second-order valence-corrected chi connectivity index (χ2v) is 7.31. The molecule has 2 aromatic rings. The lowest BCUT2D eigenvalue weighted by Gasteiger charge is -2.17. The van der Waals surface area contributed by atoms with Crippen LogP contribution in [-0.2, 0) is 22.1 Å². The molecule has 3 N–H and O–H groups in total. The van der Waals surface area contributed by atoms with Gasteiger partial charge in [-0.1, -0.05) is 5.21 Å². The van der Waals surface area contributed by atoms with Crippen LogP contribution in [0.3, 0.4) is 0 Å². The van der Waals surface area contributed by atoms with Crippen LogP contribution in [0.4, 0.5) is 5.69 Å². The topological polar surface area (TPSA) is 103 Å². The van der Waals surface area contributed by atoms with Crippen molar-refractivity contribution in [2.45, 2.75) is 37.8 Å². The molecule has 0 fully saturated rings. The van der Waals surface area contributed by atoms with Crippen LogP contribution in [0.25, 0.3) is 0 Å². The molecule has 0 aliphatic heterocycles. The number of benzene rings is 1. The molecule has 1 aromatic carbocycles. The maximum absolute atomic E-state index is 11.2. The lowest BCUT2D eigenvalue weighted by molar-refractivity contribution is 0.347. The number of rotatable bonds is 4. The number of hydrogen-bond acceptors (Lipinski definition) is 5. The zero-order valence-corrected chi connectivity index (χ0v) is 13.1. The summed E-state index contributed by atoms with van der Waals surface area (Å²) in [4.78, 5) is 0.0896. The number of nitrogens with one attached hydrogen (secondary N) is 1. The summed E-state index contributed by atoms with van der Waals surface area (Å²) in [7, 11) is -3.65. The van der Waals surface area contributed by atoms with Gasteiger partial charge in [0.25, 0.3) is 0 Å². The Morgan fingerprint density at radius 2 is 1.86 bits per heavy atom. The van der Waals surface area contributed by atoms with Gasteiger partial charge in [-0.05, 0) is 45.0 Å². The number of anilines is 1. The van der Waals surface area contributed by atoms with Crippen LogP contribution in [0.2, 0.25) is 0 Å². The molecular weight excluding hydrogens is 290 g/mol. The minimum Gasteiger partial charge on any atom is -0.379 e. The van der Waals surface area contributed by atoms with E-state index in [1.165, 1.54) is 12.1 Å². The van der Waals surface area contributed by atoms with Crippen molar-refractivity contribution in [2.24, 2.45) is 5.14 Å². The van der Waals surface area contributed by atoms with Crippen molar-refractivity contribution in [3.63, 3.8) is 0 Å². The van der Waals surface area contributed by atoms with Gasteiger partial charge in [-0.25, -0.2) is 18.2 Å². The zero-order valence-electron chi connectivity index (χ0n) is 12.2. The number of nitrogens with two attached hydrogens (primary N) is 1. The monoisotopic (exact) mass is 309 g/mol. The summed E-state index contributed by atoms with van der Waals surface area (Å²) < 4.78 is 24.1. The molecule has 8 heteroatoms. The number of aromatic nitrogens is 3.